The fourth-order valence-electron chi connectivity index (χ4n) is 2.73. The Kier molecular flexibility index (Phi) is 7.08. The molecule has 0 aliphatic rings. The normalized spacial score (nSPS) is 11.5. The average molecular weight is 399 g/mol. The van der Waals surface area contributed by atoms with Crippen molar-refractivity contribution < 1.29 is 8.81 Å². The zero-order valence-corrected chi connectivity index (χ0v) is 16.7. The Morgan fingerprint density at radius 1 is 1.11 bits per heavy atom. The number of thioether (sulfide) groups is 1. The molecule has 0 fully saturated rings. The van der Waals surface area contributed by atoms with Crippen molar-refractivity contribution in [2.24, 2.45) is 4.99 Å². The number of nitrogens with zero attached hydrogens (tertiary/aromatic N) is 2. The lowest BCUT2D eigenvalue weighted by Crippen LogP contribution is -2.36. The Morgan fingerprint density at radius 2 is 1.89 bits per heavy atom. The molecule has 0 amide bonds. The van der Waals surface area contributed by atoms with E-state index >= 15 is 0 Å². The highest BCUT2D eigenvalue weighted by Crippen LogP contribution is 2.18. The van der Waals surface area contributed by atoms with E-state index in [0.29, 0.717) is 24.9 Å². The zero-order valence-electron chi connectivity index (χ0n) is 15.9. The van der Waals surface area contributed by atoms with E-state index in [2.05, 4.69) is 20.6 Å². The molecule has 3 aromatic rings. The van der Waals surface area contributed by atoms with Crippen molar-refractivity contribution in [1.29, 1.82) is 0 Å². The fraction of sp³-hybridized carbons (Fsp3) is 0.238. The van der Waals surface area contributed by atoms with E-state index in [1.54, 1.807) is 31.1 Å². The Labute approximate surface area is 168 Å². The van der Waals surface area contributed by atoms with Crippen LogP contribution in [0.25, 0.3) is 11.5 Å². The van der Waals surface area contributed by atoms with Crippen molar-refractivity contribution in [2.75, 3.05) is 13.3 Å². The van der Waals surface area contributed by atoms with E-state index in [9.17, 15) is 4.39 Å². The number of halogens is 1. The lowest BCUT2D eigenvalue weighted by Gasteiger charge is -2.13. The van der Waals surface area contributed by atoms with Gasteiger partial charge < -0.3 is 15.1 Å². The highest BCUT2D eigenvalue weighted by atomic mass is 32.2. The third-order valence-electron chi connectivity index (χ3n) is 4.15. The summed E-state index contributed by atoms with van der Waals surface area (Å²) in [5.74, 6) is 1.79. The number of aromatic nitrogens is 1. The minimum absolute atomic E-state index is 0.212. The predicted octanol–water partition coefficient (Wildman–Crippen LogP) is 4.21. The van der Waals surface area contributed by atoms with Gasteiger partial charge in [0.1, 0.15) is 12.1 Å². The van der Waals surface area contributed by atoms with Gasteiger partial charge in [-0.15, -0.1) is 0 Å². The first-order valence-electron chi connectivity index (χ1n) is 8.90. The number of guanidine groups is 1. The summed E-state index contributed by atoms with van der Waals surface area (Å²) in [6.07, 6.45) is 3.64. The summed E-state index contributed by atoms with van der Waals surface area (Å²) in [6.45, 7) is 1.04. The molecule has 2 N–H and O–H groups in total. The van der Waals surface area contributed by atoms with E-state index in [-0.39, 0.29) is 5.82 Å². The van der Waals surface area contributed by atoms with Gasteiger partial charge in [-0.3, -0.25) is 4.99 Å². The van der Waals surface area contributed by atoms with E-state index < -0.39 is 0 Å². The summed E-state index contributed by atoms with van der Waals surface area (Å²) >= 11 is 1.67. The van der Waals surface area contributed by atoms with Crippen LogP contribution in [0, 0.1) is 5.82 Å². The average Bonchev–Trinajstić information content (AvgIpc) is 3.19. The summed E-state index contributed by atoms with van der Waals surface area (Å²) in [6, 6.07) is 14.6. The minimum Gasteiger partial charge on any atom is -0.444 e. The monoisotopic (exact) mass is 398 g/mol. The second-order valence-corrected chi connectivity index (χ2v) is 7.00. The number of rotatable bonds is 7. The topological polar surface area (TPSA) is 62.5 Å². The van der Waals surface area contributed by atoms with E-state index in [1.165, 1.54) is 6.07 Å². The molecule has 0 aliphatic carbocycles. The van der Waals surface area contributed by atoms with E-state index in [4.69, 9.17) is 4.42 Å². The summed E-state index contributed by atoms with van der Waals surface area (Å²) in [7, 11) is 1.71. The Morgan fingerprint density at radius 3 is 2.64 bits per heavy atom. The van der Waals surface area contributed by atoms with Crippen molar-refractivity contribution in [1.82, 2.24) is 15.6 Å². The first-order chi connectivity index (χ1) is 13.7. The minimum atomic E-state index is -0.212. The molecule has 0 aliphatic heterocycles. The summed E-state index contributed by atoms with van der Waals surface area (Å²) in [5.41, 5.74) is 3.76. The molecular weight excluding hydrogens is 375 g/mol. The van der Waals surface area contributed by atoms with Gasteiger partial charge in [-0.1, -0.05) is 24.3 Å². The third-order valence-corrected chi connectivity index (χ3v) is 4.75. The summed E-state index contributed by atoms with van der Waals surface area (Å²) in [4.78, 5) is 8.73. The van der Waals surface area contributed by atoms with Gasteiger partial charge in [0.25, 0.3) is 0 Å². The Bertz CT molecular complexity index is 927. The first kappa shape index (κ1) is 19.9. The van der Waals surface area contributed by atoms with Crippen LogP contribution in [-0.2, 0) is 18.8 Å². The molecule has 2 aromatic carbocycles. The van der Waals surface area contributed by atoms with Crippen LogP contribution < -0.4 is 10.6 Å². The van der Waals surface area contributed by atoms with Crippen LogP contribution in [0.3, 0.4) is 0 Å². The summed E-state index contributed by atoms with van der Waals surface area (Å²) < 4.78 is 19.0. The van der Waals surface area contributed by atoms with Crippen LogP contribution in [0.1, 0.15) is 16.8 Å². The fourth-order valence-corrected chi connectivity index (χ4v) is 3.31. The van der Waals surface area contributed by atoms with E-state index in [1.807, 2.05) is 42.7 Å². The standard InChI is InChI=1S/C21H23FN4OS/c1-23-21(24-11-16-8-9-18(22)10-17(16)14-28-2)25-12-19-13-27-20(26-19)15-6-4-3-5-7-15/h3-10,13H,11-12,14H2,1-2H3,(H2,23,24,25). The highest BCUT2D eigenvalue weighted by Gasteiger charge is 2.08. The van der Waals surface area contributed by atoms with Gasteiger partial charge in [-0.2, -0.15) is 11.8 Å². The third kappa shape index (κ3) is 5.36. The number of nitrogens with one attached hydrogen (secondary N) is 2. The van der Waals surface area contributed by atoms with Crippen molar-refractivity contribution in [3.05, 3.63) is 77.4 Å². The zero-order chi connectivity index (χ0) is 19.8. The predicted molar refractivity (Wildman–Crippen MR) is 113 cm³/mol. The van der Waals surface area contributed by atoms with E-state index in [0.717, 1.165) is 28.1 Å². The quantitative estimate of drug-likeness (QED) is 0.461. The molecule has 7 heteroatoms. The molecule has 0 saturated carbocycles. The molecule has 1 aromatic heterocycles. The molecule has 0 saturated heterocycles. The number of aliphatic imine (C=N–C) groups is 1. The maximum atomic E-state index is 13.5. The molecule has 0 spiro atoms. The molecule has 0 unspecified atom stereocenters. The SMILES string of the molecule is CN=C(NCc1coc(-c2ccccc2)n1)NCc1ccc(F)cc1CSC. The van der Waals surface area contributed by atoms with Crippen molar-refractivity contribution >= 4 is 17.7 Å². The number of hydrogen-bond donors (Lipinski definition) is 2. The van der Waals surface area contributed by atoms with Crippen molar-refractivity contribution in [3.8, 4) is 11.5 Å². The molecule has 1 heterocycles. The van der Waals surface area contributed by atoms with Gasteiger partial charge in [0.2, 0.25) is 5.89 Å². The number of hydrogen-bond acceptors (Lipinski definition) is 4. The lowest BCUT2D eigenvalue weighted by molar-refractivity contribution is 0.572. The van der Waals surface area contributed by atoms with Gasteiger partial charge in [0, 0.05) is 24.9 Å². The van der Waals surface area contributed by atoms with Crippen LogP contribution in [0.4, 0.5) is 4.39 Å². The maximum absolute atomic E-state index is 13.5. The second kappa shape index (κ2) is 9.94. The van der Waals surface area contributed by atoms with Crippen LogP contribution in [0.5, 0.6) is 0 Å². The van der Waals surface area contributed by atoms with Crippen LogP contribution in [-0.4, -0.2) is 24.2 Å². The molecule has 5 nitrogen and oxygen atoms in total. The largest absolute Gasteiger partial charge is 0.444 e. The van der Waals surface area contributed by atoms with Crippen LogP contribution in [0.2, 0.25) is 0 Å². The molecular formula is C21H23FN4OS. The van der Waals surface area contributed by atoms with Crippen molar-refractivity contribution in [3.63, 3.8) is 0 Å². The van der Waals surface area contributed by atoms with Crippen LogP contribution in [0.15, 0.2) is 64.2 Å². The molecule has 146 valence electrons. The van der Waals surface area contributed by atoms with Gasteiger partial charge >= 0.3 is 0 Å². The second-order valence-electron chi connectivity index (χ2n) is 6.14. The molecule has 0 bridgehead atoms. The maximum Gasteiger partial charge on any atom is 0.226 e. The number of benzene rings is 2. The van der Waals surface area contributed by atoms with Gasteiger partial charge in [0.05, 0.1) is 12.2 Å². The first-order valence-corrected chi connectivity index (χ1v) is 10.3. The van der Waals surface area contributed by atoms with Gasteiger partial charge in [-0.25, -0.2) is 9.37 Å². The van der Waals surface area contributed by atoms with Gasteiger partial charge in [0.15, 0.2) is 5.96 Å². The smallest absolute Gasteiger partial charge is 0.226 e. The van der Waals surface area contributed by atoms with Gasteiger partial charge in [-0.05, 0) is 41.6 Å². The van der Waals surface area contributed by atoms with Crippen molar-refractivity contribution in [2.45, 2.75) is 18.8 Å². The Hall–Kier alpha value is -2.80. The molecule has 0 atom stereocenters. The molecule has 3 rings (SSSR count). The molecule has 28 heavy (non-hydrogen) atoms. The van der Waals surface area contributed by atoms with Crippen LogP contribution >= 0.6 is 11.8 Å². The highest BCUT2D eigenvalue weighted by molar-refractivity contribution is 7.97. The number of oxazole rings is 1. The summed E-state index contributed by atoms with van der Waals surface area (Å²) in [5, 5.41) is 6.48. The molecule has 0 radical (unpaired) electrons. The lowest BCUT2D eigenvalue weighted by atomic mass is 10.1. The Balaban J connectivity index is 1.57.